The van der Waals surface area contributed by atoms with E-state index >= 15 is 0 Å². The van der Waals surface area contributed by atoms with Crippen molar-refractivity contribution in [1.29, 1.82) is 0 Å². The SMILES string of the molecule is CS(=O)(=O)N(CC(=O)NCc1cccc(CN2CCCC2)c1)c1ccc(Br)cc1. The number of halogens is 1. The van der Waals surface area contributed by atoms with Crippen LogP contribution in [-0.2, 0) is 27.9 Å². The molecule has 1 amide bonds. The Morgan fingerprint density at radius 3 is 2.41 bits per heavy atom. The summed E-state index contributed by atoms with van der Waals surface area (Å²) in [6.07, 6.45) is 3.61. The second-order valence-corrected chi connectivity index (χ2v) is 10.1. The molecular weight excluding hydrogens is 454 g/mol. The van der Waals surface area contributed by atoms with Gasteiger partial charge in [0.25, 0.3) is 0 Å². The lowest BCUT2D eigenvalue weighted by molar-refractivity contribution is -0.119. The smallest absolute Gasteiger partial charge is 0.241 e. The van der Waals surface area contributed by atoms with Crippen LogP contribution >= 0.6 is 15.9 Å². The molecule has 0 radical (unpaired) electrons. The summed E-state index contributed by atoms with van der Waals surface area (Å²) in [6, 6.07) is 15.0. The Hall–Kier alpha value is -1.90. The van der Waals surface area contributed by atoms with Gasteiger partial charge in [-0.2, -0.15) is 0 Å². The summed E-state index contributed by atoms with van der Waals surface area (Å²) in [7, 11) is -3.58. The van der Waals surface area contributed by atoms with Gasteiger partial charge in [-0.15, -0.1) is 0 Å². The zero-order valence-electron chi connectivity index (χ0n) is 16.5. The van der Waals surface area contributed by atoms with Gasteiger partial charge in [0, 0.05) is 17.6 Å². The van der Waals surface area contributed by atoms with Gasteiger partial charge < -0.3 is 5.32 Å². The van der Waals surface area contributed by atoms with E-state index in [9.17, 15) is 13.2 Å². The van der Waals surface area contributed by atoms with Crippen LogP contribution in [0.15, 0.2) is 53.0 Å². The molecule has 0 unspecified atom stereocenters. The minimum absolute atomic E-state index is 0.256. The van der Waals surface area contributed by atoms with E-state index in [2.05, 4.69) is 38.3 Å². The highest BCUT2D eigenvalue weighted by molar-refractivity contribution is 9.10. The van der Waals surface area contributed by atoms with Crippen LogP contribution in [0.3, 0.4) is 0 Å². The fourth-order valence-electron chi connectivity index (χ4n) is 3.43. The average molecular weight is 480 g/mol. The number of anilines is 1. The molecule has 0 bridgehead atoms. The van der Waals surface area contributed by atoms with Crippen molar-refractivity contribution in [2.75, 3.05) is 30.2 Å². The normalized spacial score (nSPS) is 14.7. The van der Waals surface area contributed by atoms with E-state index in [1.807, 2.05) is 12.1 Å². The maximum atomic E-state index is 12.4. The van der Waals surface area contributed by atoms with Gasteiger partial charge in [0.05, 0.1) is 11.9 Å². The lowest BCUT2D eigenvalue weighted by Crippen LogP contribution is -2.40. The van der Waals surface area contributed by atoms with E-state index in [0.717, 1.165) is 40.2 Å². The number of hydrogen-bond acceptors (Lipinski definition) is 4. The van der Waals surface area contributed by atoms with Crippen LogP contribution in [0.2, 0.25) is 0 Å². The molecule has 1 N–H and O–H groups in total. The number of rotatable bonds is 8. The summed E-state index contributed by atoms with van der Waals surface area (Å²) < 4.78 is 26.3. The molecule has 0 aromatic heterocycles. The van der Waals surface area contributed by atoms with Crippen LogP contribution in [0.5, 0.6) is 0 Å². The number of nitrogens with zero attached hydrogens (tertiary/aromatic N) is 2. The zero-order valence-corrected chi connectivity index (χ0v) is 18.9. The predicted octanol–water partition coefficient (Wildman–Crippen LogP) is 3.13. The zero-order chi connectivity index (χ0) is 20.9. The number of sulfonamides is 1. The molecule has 0 spiro atoms. The van der Waals surface area contributed by atoms with Crippen molar-refractivity contribution in [3.05, 3.63) is 64.1 Å². The maximum Gasteiger partial charge on any atom is 0.241 e. The Balaban J connectivity index is 1.60. The first kappa shape index (κ1) is 21.8. The minimum atomic E-state index is -3.58. The Morgan fingerprint density at radius 2 is 1.76 bits per heavy atom. The molecule has 0 saturated carbocycles. The number of likely N-dealkylation sites (tertiary alicyclic amines) is 1. The lowest BCUT2D eigenvalue weighted by atomic mass is 10.1. The second kappa shape index (κ2) is 9.73. The molecule has 8 heteroatoms. The first-order valence-electron chi connectivity index (χ1n) is 9.61. The molecule has 3 rings (SSSR count). The van der Waals surface area contributed by atoms with Gasteiger partial charge in [-0.3, -0.25) is 14.0 Å². The fourth-order valence-corrected chi connectivity index (χ4v) is 4.55. The van der Waals surface area contributed by atoms with Gasteiger partial charge >= 0.3 is 0 Å². The quantitative estimate of drug-likeness (QED) is 0.631. The van der Waals surface area contributed by atoms with Crippen molar-refractivity contribution in [1.82, 2.24) is 10.2 Å². The summed E-state index contributed by atoms with van der Waals surface area (Å²) in [5.74, 6) is -0.344. The van der Waals surface area contributed by atoms with Gasteiger partial charge in [-0.05, 0) is 61.3 Å². The Kier molecular flexibility index (Phi) is 7.32. The van der Waals surface area contributed by atoms with Crippen LogP contribution in [0, 0.1) is 0 Å². The lowest BCUT2D eigenvalue weighted by Gasteiger charge is -2.22. The van der Waals surface area contributed by atoms with Gasteiger partial charge in [-0.25, -0.2) is 8.42 Å². The number of hydrogen-bond donors (Lipinski definition) is 1. The minimum Gasteiger partial charge on any atom is -0.350 e. The molecule has 1 aliphatic heterocycles. The van der Waals surface area contributed by atoms with E-state index in [1.54, 1.807) is 24.3 Å². The molecule has 0 aliphatic carbocycles. The molecule has 2 aromatic carbocycles. The summed E-state index contributed by atoms with van der Waals surface area (Å²) in [4.78, 5) is 14.9. The van der Waals surface area contributed by atoms with E-state index in [4.69, 9.17) is 0 Å². The van der Waals surface area contributed by atoms with Gasteiger partial charge in [0.1, 0.15) is 6.54 Å². The van der Waals surface area contributed by atoms with Crippen molar-refractivity contribution in [3.63, 3.8) is 0 Å². The molecular formula is C21H26BrN3O3S. The average Bonchev–Trinajstić information content (AvgIpc) is 3.18. The number of benzene rings is 2. The molecule has 156 valence electrons. The molecule has 0 atom stereocenters. The summed E-state index contributed by atoms with van der Waals surface area (Å²) in [5.41, 5.74) is 2.69. The van der Waals surface area contributed by atoms with Gasteiger partial charge in [0.15, 0.2) is 0 Å². The number of carbonyl (C=O) groups is 1. The number of carbonyl (C=O) groups excluding carboxylic acids is 1. The molecule has 1 saturated heterocycles. The van der Waals surface area contributed by atoms with Crippen LogP contribution in [0.25, 0.3) is 0 Å². The van der Waals surface area contributed by atoms with Gasteiger partial charge in [0.2, 0.25) is 15.9 Å². The fraction of sp³-hybridized carbons (Fsp3) is 0.381. The summed E-state index contributed by atoms with van der Waals surface area (Å²) >= 11 is 3.33. The molecule has 2 aromatic rings. The number of nitrogens with one attached hydrogen (secondary N) is 1. The molecule has 1 heterocycles. The van der Waals surface area contributed by atoms with E-state index in [1.165, 1.54) is 18.4 Å². The van der Waals surface area contributed by atoms with E-state index < -0.39 is 10.0 Å². The third-order valence-electron chi connectivity index (χ3n) is 4.89. The Labute approximate surface area is 181 Å². The molecule has 1 aliphatic rings. The monoisotopic (exact) mass is 479 g/mol. The topological polar surface area (TPSA) is 69.7 Å². The summed E-state index contributed by atoms with van der Waals surface area (Å²) in [6.45, 7) is 3.31. The largest absolute Gasteiger partial charge is 0.350 e. The highest BCUT2D eigenvalue weighted by atomic mass is 79.9. The molecule has 29 heavy (non-hydrogen) atoms. The second-order valence-electron chi connectivity index (χ2n) is 7.33. The highest BCUT2D eigenvalue weighted by Gasteiger charge is 2.20. The Bertz CT molecular complexity index is 942. The highest BCUT2D eigenvalue weighted by Crippen LogP contribution is 2.20. The van der Waals surface area contributed by atoms with E-state index in [0.29, 0.717) is 12.2 Å². The van der Waals surface area contributed by atoms with E-state index in [-0.39, 0.29) is 12.5 Å². The van der Waals surface area contributed by atoms with Crippen molar-refractivity contribution >= 4 is 37.5 Å². The van der Waals surface area contributed by atoms with Crippen LogP contribution in [-0.4, -0.2) is 45.1 Å². The molecule has 6 nitrogen and oxygen atoms in total. The first-order chi connectivity index (χ1) is 13.8. The van der Waals surface area contributed by atoms with Crippen molar-refractivity contribution < 1.29 is 13.2 Å². The number of amides is 1. The molecule has 1 fully saturated rings. The van der Waals surface area contributed by atoms with Crippen molar-refractivity contribution in [2.24, 2.45) is 0 Å². The van der Waals surface area contributed by atoms with Gasteiger partial charge in [-0.1, -0.05) is 40.2 Å². The van der Waals surface area contributed by atoms with Crippen molar-refractivity contribution in [2.45, 2.75) is 25.9 Å². The first-order valence-corrected chi connectivity index (χ1v) is 12.3. The van der Waals surface area contributed by atoms with Crippen LogP contribution in [0.4, 0.5) is 5.69 Å². The van der Waals surface area contributed by atoms with Crippen molar-refractivity contribution in [3.8, 4) is 0 Å². The maximum absolute atomic E-state index is 12.4. The third kappa shape index (κ3) is 6.55. The van der Waals surface area contributed by atoms with Crippen LogP contribution < -0.4 is 9.62 Å². The Morgan fingerprint density at radius 1 is 1.10 bits per heavy atom. The third-order valence-corrected chi connectivity index (χ3v) is 6.56. The standard InChI is InChI=1S/C21H26BrN3O3S/c1-29(27,28)25(20-9-7-19(22)8-10-20)16-21(26)23-14-17-5-4-6-18(13-17)15-24-11-2-3-12-24/h4-10,13H,2-3,11-12,14-16H2,1H3,(H,23,26). The predicted molar refractivity (Wildman–Crippen MR) is 119 cm³/mol. The summed E-state index contributed by atoms with van der Waals surface area (Å²) in [5, 5.41) is 2.84. The van der Waals surface area contributed by atoms with Crippen LogP contribution in [0.1, 0.15) is 24.0 Å².